The molecule has 1 amide bonds. The van der Waals surface area contributed by atoms with Crippen LogP contribution >= 0.6 is 0 Å². The normalized spacial score (nSPS) is 13.9. The quantitative estimate of drug-likeness (QED) is 0.707. The van der Waals surface area contributed by atoms with Crippen LogP contribution in [0.1, 0.15) is 24.8 Å². The smallest absolute Gasteiger partial charge is 0.221 e. The molecule has 1 saturated carbocycles. The van der Waals surface area contributed by atoms with E-state index in [1.165, 1.54) is 0 Å². The first kappa shape index (κ1) is 14.7. The molecule has 0 atom stereocenters. The van der Waals surface area contributed by atoms with Crippen LogP contribution in [0.5, 0.6) is 11.5 Å². The highest BCUT2D eigenvalue weighted by molar-refractivity contribution is 5.76. The third-order valence-corrected chi connectivity index (χ3v) is 3.21. The molecule has 0 aromatic heterocycles. The van der Waals surface area contributed by atoms with Crippen LogP contribution in [0.2, 0.25) is 0 Å². The van der Waals surface area contributed by atoms with Gasteiger partial charge in [-0.1, -0.05) is 0 Å². The van der Waals surface area contributed by atoms with Gasteiger partial charge in [0.05, 0.1) is 14.2 Å². The minimum absolute atomic E-state index is 0.128. The predicted octanol–water partition coefficient (Wildman–Crippen LogP) is 1.46. The summed E-state index contributed by atoms with van der Waals surface area (Å²) < 4.78 is 10.4. The molecule has 1 aromatic rings. The third kappa shape index (κ3) is 4.74. The number of carbonyl (C=O) groups excluding carboxylic acids is 1. The summed E-state index contributed by atoms with van der Waals surface area (Å²) in [6, 6.07) is 6.19. The van der Waals surface area contributed by atoms with Crippen molar-refractivity contribution in [3.05, 3.63) is 23.8 Å². The fourth-order valence-corrected chi connectivity index (χ4v) is 1.93. The summed E-state index contributed by atoms with van der Waals surface area (Å²) in [7, 11) is 3.27. The number of amides is 1. The van der Waals surface area contributed by atoms with Crippen molar-refractivity contribution in [3.8, 4) is 11.5 Å². The zero-order chi connectivity index (χ0) is 14.4. The molecule has 20 heavy (non-hydrogen) atoms. The zero-order valence-electron chi connectivity index (χ0n) is 12.1. The first-order chi connectivity index (χ1) is 9.71. The molecule has 0 radical (unpaired) electrons. The molecule has 110 valence electrons. The standard InChI is InChI=1S/C15H22N2O3/c1-19-13-7-11(8-14(9-13)20-2)10-16-6-5-15(18)17-12-3-4-12/h7-9,12,16H,3-6,10H2,1-2H3,(H,17,18). The minimum Gasteiger partial charge on any atom is -0.497 e. The van der Waals surface area contributed by atoms with E-state index >= 15 is 0 Å². The van der Waals surface area contributed by atoms with Crippen molar-refractivity contribution in [2.45, 2.75) is 31.8 Å². The van der Waals surface area contributed by atoms with Crippen LogP contribution in [-0.2, 0) is 11.3 Å². The van der Waals surface area contributed by atoms with Crippen LogP contribution in [0.15, 0.2) is 18.2 Å². The van der Waals surface area contributed by atoms with Crippen molar-refractivity contribution in [3.63, 3.8) is 0 Å². The first-order valence-corrected chi connectivity index (χ1v) is 6.93. The monoisotopic (exact) mass is 278 g/mol. The van der Waals surface area contributed by atoms with Crippen molar-refractivity contribution in [1.29, 1.82) is 0 Å². The van der Waals surface area contributed by atoms with Crippen molar-refractivity contribution < 1.29 is 14.3 Å². The third-order valence-electron chi connectivity index (χ3n) is 3.21. The number of benzene rings is 1. The van der Waals surface area contributed by atoms with Gasteiger partial charge >= 0.3 is 0 Å². The molecule has 2 N–H and O–H groups in total. The van der Waals surface area contributed by atoms with Gasteiger partial charge in [-0.25, -0.2) is 0 Å². The molecule has 0 spiro atoms. The molecular weight excluding hydrogens is 256 g/mol. The minimum atomic E-state index is 0.128. The number of hydrogen-bond donors (Lipinski definition) is 2. The van der Waals surface area contributed by atoms with Crippen molar-refractivity contribution in [2.75, 3.05) is 20.8 Å². The highest BCUT2D eigenvalue weighted by Gasteiger charge is 2.22. The second-order valence-electron chi connectivity index (χ2n) is 4.99. The lowest BCUT2D eigenvalue weighted by Gasteiger charge is -2.09. The summed E-state index contributed by atoms with van der Waals surface area (Å²) in [6.45, 7) is 1.35. The van der Waals surface area contributed by atoms with E-state index < -0.39 is 0 Å². The lowest BCUT2D eigenvalue weighted by atomic mass is 10.2. The van der Waals surface area contributed by atoms with Crippen molar-refractivity contribution in [2.24, 2.45) is 0 Å². The van der Waals surface area contributed by atoms with Crippen LogP contribution < -0.4 is 20.1 Å². The van der Waals surface area contributed by atoms with E-state index in [-0.39, 0.29) is 5.91 Å². The molecular formula is C15H22N2O3. The van der Waals surface area contributed by atoms with Crippen LogP contribution in [0.4, 0.5) is 0 Å². The van der Waals surface area contributed by atoms with Gasteiger partial charge in [-0.15, -0.1) is 0 Å². The molecule has 0 heterocycles. The molecule has 1 fully saturated rings. The largest absolute Gasteiger partial charge is 0.497 e. The Labute approximate surface area is 119 Å². The average Bonchev–Trinajstić information content (AvgIpc) is 3.27. The molecule has 0 saturated heterocycles. The topological polar surface area (TPSA) is 59.6 Å². The second kappa shape index (κ2) is 7.14. The molecule has 0 aliphatic heterocycles. The highest BCUT2D eigenvalue weighted by Crippen LogP contribution is 2.22. The molecule has 0 unspecified atom stereocenters. The second-order valence-corrected chi connectivity index (χ2v) is 4.99. The van der Waals surface area contributed by atoms with E-state index in [1.54, 1.807) is 14.2 Å². The maximum Gasteiger partial charge on any atom is 0.221 e. The van der Waals surface area contributed by atoms with Crippen LogP contribution in [-0.4, -0.2) is 32.7 Å². The SMILES string of the molecule is COc1cc(CNCCC(=O)NC2CC2)cc(OC)c1. The van der Waals surface area contributed by atoms with Gasteiger partial charge in [0.2, 0.25) is 5.91 Å². The van der Waals surface area contributed by atoms with Gasteiger partial charge in [0.25, 0.3) is 0 Å². The van der Waals surface area contributed by atoms with Gasteiger partial charge in [-0.3, -0.25) is 4.79 Å². The Bertz CT molecular complexity index is 436. The van der Waals surface area contributed by atoms with Crippen molar-refractivity contribution >= 4 is 5.91 Å². The Morgan fingerprint density at radius 1 is 1.20 bits per heavy atom. The summed E-state index contributed by atoms with van der Waals surface area (Å²) >= 11 is 0. The number of carbonyl (C=O) groups is 1. The van der Waals surface area contributed by atoms with Gasteiger partial charge in [0.1, 0.15) is 11.5 Å². The summed E-state index contributed by atoms with van der Waals surface area (Å²) in [4.78, 5) is 11.5. The fourth-order valence-electron chi connectivity index (χ4n) is 1.93. The lowest BCUT2D eigenvalue weighted by Crippen LogP contribution is -2.29. The van der Waals surface area contributed by atoms with E-state index in [4.69, 9.17) is 9.47 Å². The summed E-state index contributed by atoms with van der Waals surface area (Å²) in [5.74, 6) is 1.67. The molecule has 2 rings (SSSR count). The van der Waals surface area contributed by atoms with Gasteiger partial charge in [-0.2, -0.15) is 0 Å². The van der Waals surface area contributed by atoms with E-state index in [0.29, 0.717) is 25.6 Å². The average molecular weight is 278 g/mol. The van der Waals surface area contributed by atoms with Gasteiger partial charge in [0, 0.05) is 31.6 Å². The summed E-state index contributed by atoms with van der Waals surface area (Å²) in [5, 5.41) is 6.23. The fraction of sp³-hybridized carbons (Fsp3) is 0.533. The van der Waals surface area contributed by atoms with Crippen molar-refractivity contribution in [1.82, 2.24) is 10.6 Å². The molecule has 1 aliphatic rings. The number of methoxy groups -OCH3 is 2. The molecule has 0 bridgehead atoms. The van der Waals surface area contributed by atoms with E-state index in [1.807, 2.05) is 18.2 Å². The lowest BCUT2D eigenvalue weighted by molar-refractivity contribution is -0.121. The number of ether oxygens (including phenoxy) is 2. The Morgan fingerprint density at radius 2 is 1.85 bits per heavy atom. The Morgan fingerprint density at radius 3 is 2.40 bits per heavy atom. The van der Waals surface area contributed by atoms with Crippen LogP contribution in [0.25, 0.3) is 0 Å². The molecule has 5 heteroatoms. The van der Waals surface area contributed by atoms with E-state index in [0.717, 1.165) is 29.9 Å². The Kier molecular flexibility index (Phi) is 5.24. The number of hydrogen-bond acceptors (Lipinski definition) is 4. The van der Waals surface area contributed by atoms with Gasteiger partial charge in [-0.05, 0) is 30.5 Å². The predicted molar refractivity (Wildman–Crippen MR) is 77.0 cm³/mol. The Hall–Kier alpha value is -1.75. The highest BCUT2D eigenvalue weighted by atomic mass is 16.5. The zero-order valence-corrected chi connectivity index (χ0v) is 12.1. The number of rotatable bonds is 8. The summed E-state index contributed by atoms with van der Waals surface area (Å²) in [5.41, 5.74) is 1.07. The Balaban J connectivity index is 1.73. The molecule has 1 aliphatic carbocycles. The van der Waals surface area contributed by atoms with Gasteiger partial charge < -0.3 is 20.1 Å². The maximum atomic E-state index is 11.5. The summed E-state index contributed by atoms with van der Waals surface area (Å²) in [6.07, 6.45) is 2.77. The molecule has 1 aromatic carbocycles. The van der Waals surface area contributed by atoms with Gasteiger partial charge in [0.15, 0.2) is 0 Å². The van der Waals surface area contributed by atoms with Crippen LogP contribution in [0.3, 0.4) is 0 Å². The van der Waals surface area contributed by atoms with E-state index in [9.17, 15) is 4.79 Å². The maximum absolute atomic E-state index is 11.5. The first-order valence-electron chi connectivity index (χ1n) is 6.93. The number of nitrogens with one attached hydrogen (secondary N) is 2. The van der Waals surface area contributed by atoms with Crippen LogP contribution in [0, 0.1) is 0 Å². The molecule has 5 nitrogen and oxygen atoms in total. The van der Waals surface area contributed by atoms with E-state index in [2.05, 4.69) is 10.6 Å².